The number of nitrogens with zero attached hydrogens (tertiary/aromatic N) is 1. The lowest BCUT2D eigenvalue weighted by molar-refractivity contribution is 0.0870. The molecule has 0 atom stereocenters. The molecular formula is C8H14N4O3. The third-order valence-corrected chi connectivity index (χ3v) is 1.56. The largest absolute Gasteiger partial charge is 0.377 e. The predicted molar refractivity (Wildman–Crippen MR) is 55.1 cm³/mol. The second kappa shape index (κ2) is 5.30. The number of nitrogens with one attached hydrogen (secondary N) is 3. The topological polar surface area (TPSA) is 99.9 Å². The maximum Gasteiger partial charge on any atom is 0.342 e. The summed E-state index contributed by atoms with van der Waals surface area (Å²) in [5.41, 5.74) is -1.16. The van der Waals surface area contributed by atoms with E-state index in [1.807, 2.05) is 13.8 Å². The average molecular weight is 214 g/mol. The third kappa shape index (κ3) is 3.94. The summed E-state index contributed by atoms with van der Waals surface area (Å²) in [5, 5.41) is 8.42. The van der Waals surface area contributed by atoms with Crippen molar-refractivity contribution in [1.29, 1.82) is 0 Å². The molecule has 7 nitrogen and oxygen atoms in total. The molecule has 0 radical (unpaired) electrons. The molecule has 0 amide bonds. The molecule has 0 saturated carbocycles. The van der Waals surface area contributed by atoms with E-state index in [1.54, 1.807) is 0 Å². The van der Waals surface area contributed by atoms with Crippen LogP contribution >= 0.6 is 0 Å². The Bertz CT molecular complexity index is 409. The molecule has 0 fully saturated rings. The minimum atomic E-state index is -0.621. The molecule has 3 N–H and O–H groups in total. The highest BCUT2D eigenvalue weighted by atomic mass is 16.5. The fourth-order valence-corrected chi connectivity index (χ4v) is 0.932. The second-order valence-electron chi connectivity index (χ2n) is 3.20. The number of anilines is 1. The second-order valence-corrected chi connectivity index (χ2v) is 3.20. The highest BCUT2D eigenvalue weighted by Crippen LogP contribution is 1.89. The maximum atomic E-state index is 11.1. The van der Waals surface area contributed by atoms with Gasteiger partial charge in [-0.05, 0) is 13.8 Å². The van der Waals surface area contributed by atoms with Crippen LogP contribution in [-0.4, -0.2) is 34.4 Å². The Balaban J connectivity index is 2.45. The molecule has 7 heteroatoms. The summed E-state index contributed by atoms with van der Waals surface area (Å²) in [6.07, 6.45) is 0.147. The molecule has 1 aromatic rings. The van der Waals surface area contributed by atoms with Crippen molar-refractivity contribution in [2.45, 2.75) is 20.0 Å². The van der Waals surface area contributed by atoms with Crippen LogP contribution in [0.15, 0.2) is 9.59 Å². The van der Waals surface area contributed by atoms with E-state index in [9.17, 15) is 9.59 Å². The van der Waals surface area contributed by atoms with Gasteiger partial charge in [0.15, 0.2) is 0 Å². The van der Waals surface area contributed by atoms with Gasteiger partial charge in [-0.15, -0.1) is 5.10 Å². The fraction of sp³-hybridized carbons (Fsp3) is 0.625. The maximum absolute atomic E-state index is 11.1. The van der Waals surface area contributed by atoms with Crippen molar-refractivity contribution in [3.8, 4) is 0 Å². The number of ether oxygens (including phenoxy) is 1. The first kappa shape index (κ1) is 11.4. The van der Waals surface area contributed by atoms with Crippen LogP contribution in [-0.2, 0) is 4.74 Å². The van der Waals surface area contributed by atoms with Crippen molar-refractivity contribution in [2.75, 3.05) is 18.5 Å². The van der Waals surface area contributed by atoms with Crippen LogP contribution in [0.1, 0.15) is 13.8 Å². The van der Waals surface area contributed by atoms with Crippen molar-refractivity contribution < 1.29 is 4.74 Å². The predicted octanol–water partition coefficient (Wildman–Crippen LogP) is -0.705. The molecule has 1 heterocycles. The Morgan fingerprint density at radius 2 is 2.20 bits per heavy atom. The third-order valence-electron chi connectivity index (χ3n) is 1.56. The zero-order valence-electron chi connectivity index (χ0n) is 8.66. The average Bonchev–Trinajstić information content (AvgIpc) is 2.14. The number of aromatic nitrogens is 3. The van der Waals surface area contributed by atoms with Gasteiger partial charge >= 0.3 is 5.69 Å². The van der Waals surface area contributed by atoms with Crippen LogP contribution in [0.25, 0.3) is 0 Å². The van der Waals surface area contributed by atoms with Crippen molar-refractivity contribution in [1.82, 2.24) is 15.2 Å². The van der Waals surface area contributed by atoms with E-state index in [1.165, 1.54) is 0 Å². The molecule has 0 aliphatic heterocycles. The van der Waals surface area contributed by atoms with E-state index in [0.717, 1.165) is 0 Å². The minimum absolute atomic E-state index is 0.0851. The summed E-state index contributed by atoms with van der Waals surface area (Å²) in [7, 11) is 0. The highest BCUT2D eigenvalue weighted by Gasteiger charge is 2.00. The van der Waals surface area contributed by atoms with E-state index in [2.05, 4.69) is 20.5 Å². The monoisotopic (exact) mass is 214 g/mol. The Kier molecular flexibility index (Phi) is 4.04. The van der Waals surface area contributed by atoms with E-state index in [-0.39, 0.29) is 11.9 Å². The molecule has 0 bridgehead atoms. The van der Waals surface area contributed by atoms with Gasteiger partial charge in [-0.3, -0.25) is 9.78 Å². The molecule has 0 aromatic carbocycles. The minimum Gasteiger partial charge on any atom is -0.377 e. The van der Waals surface area contributed by atoms with Crippen LogP contribution in [0.3, 0.4) is 0 Å². The Labute approximate surface area is 85.9 Å². The van der Waals surface area contributed by atoms with Crippen LogP contribution in [0.2, 0.25) is 0 Å². The number of hydrogen-bond donors (Lipinski definition) is 3. The number of hydrogen-bond acceptors (Lipinski definition) is 5. The van der Waals surface area contributed by atoms with Gasteiger partial charge in [-0.1, -0.05) is 0 Å². The van der Waals surface area contributed by atoms with Gasteiger partial charge in [0.1, 0.15) is 0 Å². The number of H-pyrrole nitrogens is 2. The van der Waals surface area contributed by atoms with E-state index < -0.39 is 11.2 Å². The van der Waals surface area contributed by atoms with Crippen molar-refractivity contribution >= 4 is 5.82 Å². The van der Waals surface area contributed by atoms with Crippen LogP contribution < -0.4 is 16.6 Å². The SMILES string of the molecule is CC(C)OCCNc1n[nH]c(=O)[nH]c1=O. The van der Waals surface area contributed by atoms with E-state index in [4.69, 9.17) is 4.74 Å². The Hall–Kier alpha value is -1.63. The highest BCUT2D eigenvalue weighted by molar-refractivity contribution is 5.28. The van der Waals surface area contributed by atoms with Crippen molar-refractivity contribution in [3.63, 3.8) is 0 Å². The summed E-state index contributed by atoms with van der Waals surface area (Å²) < 4.78 is 5.25. The quantitative estimate of drug-likeness (QED) is 0.562. The zero-order valence-corrected chi connectivity index (χ0v) is 8.66. The summed E-state index contributed by atoms with van der Waals surface area (Å²) in [6.45, 7) is 4.77. The fourth-order valence-electron chi connectivity index (χ4n) is 0.932. The molecule has 1 aromatic heterocycles. The lowest BCUT2D eigenvalue weighted by atomic mass is 10.5. The molecule has 0 aliphatic rings. The van der Waals surface area contributed by atoms with E-state index in [0.29, 0.717) is 13.2 Å². The van der Waals surface area contributed by atoms with Crippen molar-refractivity contribution in [3.05, 3.63) is 20.8 Å². The van der Waals surface area contributed by atoms with Crippen LogP contribution in [0, 0.1) is 0 Å². The first-order valence-corrected chi connectivity index (χ1v) is 4.64. The Morgan fingerprint density at radius 1 is 1.47 bits per heavy atom. The van der Waals surface area contributed by atoms with Crippen LogP contribution in [0.4, 0.5) is 5.82 Å². The van der Waals surface area contributed by atoms with Gasteiger partial charge in [-0.25, -0.2) is 9.89 Å². The molecule has 0 spiro atoms. The number of rotatable bonds is 5. The van der Waals surface area contributed by atoms with Gasteiger partial charge in [0.05, 0.1) is 12.7 Å². The molecular weight excluding hydrogens is 200 g/mol. The van der Waals surface area contributed by atoms with Gasteiger partial charge in [0.25, 0.3) is 5.56 Å². The van der Waals surface area contributed by atoms with Crippen LogP contribution in [0.5, 0.6) is 0 Å². The summed E-state index contributed by atoms with van der Waals surface area (Å²) in [4.78, 5) is 23.8. The van der Waals surface area contributed by atoms with Gasteiger partial charge < -0.3 is 10.1 Å². The molecule has 84 valence electrons. The van der Waals surface area contributed by atoms with Gasteiger partial charge in [-0.2, -0.15) is 0 Å². The molecule has 0 aliphatic carbocycles. The molecule has 1 rings (SSSR count). The number of aromatic amines is 2. The zero-order chi connectivity index (χ0) is 11.3. The first-order valence-electron chi connectivity index (χ1n) is 4.64. The van der Waals surface area contributed by atoms with Gasteiger partial charge in [0, 0.05) is 6.54 Å². The Morgan fingerprint density at radius 3 is 2.80 bits per heavy atom. The van der Waals surface area contributed by atoms with Gasteiger partial charge in [0.2, 0.25) is 5.82 Å². The summed E-state index contributed by atoms with van der Waals surface area (Å²) >= 11 is 0. The van der Waals surface area contributed by atoms with Crippen molar-refractivity contribution in [2.24, 2.45) is 0 Å². The summed E-state index contributed by atoms with van der Waals surface area (Å²) in [6, 6.07) is 0. The normalized spacial score (nSPS) is 10.6. The lowest BCUT2D eigenvalue weighted by Crippen LogP contribution is -2.28. The smallest absolute Gasteiger partial charge is 0.342 e. The van der Waals surface area contributed by atoms with E-state index >= 15 is 0 Å². The molecule has 15 heavy (non-hydrogen) atoms. The molecule has 0 saturated heterocycles. The summed E-state index contributed by atoms with van der Waals surface area (Å²) in [5.74, 6) is 0.0851. The lowest BCUT2D eigenvalue weighted by Gasteiger charge is -2.07. The molecule has 0 unspecified atom stereocenters. The first-order chi connectivity index (χ1) is 7.09. The standard InChI is InChI=1S/C8H14N4O3/c1-5(2)15-4-3-9-6-7(13)10-8(14)12-11-6/h5H,3-4H2,1-2H3,(H,9,11)(H2,10,12,13,14).